The zero-order valence-electron chi connectivity index (χ0n) is 11.1. The average Bonchev–Trinajstić information content (AvgIpc) is 3.00. The predicted molar refractivity (Wildman–Crippen MR) is 82.5 cm³/mol. The molecule has 3 heteroatoms. The molecular weight excluding hydrogens is 258 g/mol. The van der Waals surface area contributed by atoms with Gasteiger partial charge in [0.15, 0.2) is 0 Å². The van der Waals surface area contributed by atoms with E-state index in [0.717, 1.165) is 18.9 Å². The van der Waals surface area contributed by atoms with Crippen LogP contribution in [0.2, 0.25) is 0 Å². The van der Waals surface area contributed by atoms with Gasteiger partial charge < -0.3 is 5.32 Å². The summed E-state index contributed by atoms with van der Waals surface area (Å²) in [6, 6.07) is 9.23. The Hall–Kier alpha value is -0.640. The van der Waals surface area contributed by atoms with Crippen LogP contribution in [0.5, 0.6) is 0 Å². The maximum atomic E-state index is 3.71. The molecule has 1 nitrogen and oxygen atoms in total. The molecule has 98 valence electrons. The van der Waals surface area contributed by atoms with Gasteiger partial charge >= 0.3 is 0 Å². The Kier molecular flexibility index (Phi) is 5.42. The molecular formula is C15H21NS2. The van der Waals surface area contributed by atoms with E-state index in [1.165, 1.54) is 16.2 Å². The van der Waals surface area contributed by atoms with Crippen LogP contribution in [0.1, 0.15) is 36.1 Å². The second-order valence-electron chi connectivity index (χ2n) is 4.99. The molecule has 0 bridgehead atoms. The van der Waals surface area contributed by atoms with Crippen molar-refractivity contribution in [1.29, 1.82) is 0 Å². The van der Waals surface area contributed by atoms with E-state index >= 15 is 0 Å². The van der Waals surface area contributed by atoms with Crippen molar-refractivity contribution in [2.75, 3.05) is 6.54 Å². The summed E-state index contributed by atoms with van der Waals surface area (Å²) >= 11 is 3.71. The summed E-state index contributed by atoms with van der Waals surface area (Å²) < 4.78 is 0. The van der Waals surface area contributed by atoms with Crippen LogP contribution >= 0.6 is 22.7 Å². The molecule has 0 aromatic carbocycles. The van der Waals surface area contributed by atoms with E-state index in [1.807, 2.05) is 22.7 Å². The molecule has 0 aliphatic carbocycles. The maximum absolute atomic E-state index is 3.71. The van der Waals surface area contributed by atoms with Crippen LogP contribution in [0.4, 0.5) is 0 Å². The molecule has 0 saturated heterocycles. The molecule has 0 saturated carbocycles. The van der Waals surface area contributed by atoms with Gasteiger partial charge in [-0.25, -0.2) is 0 Å². The standard InChI is InChI=1S/C15H21NS2/c1-12(2)7-8-16-14(15-6-4-10-18-15)11-13-5-3-9-17-13/h3-6,9-10,12,14,16H,7-8,11H2,1-2H3. The summed E-state index contributed by atoms with van der Waals surface area (Å²) in [5.41, 5.74) is 0. The van der Waals surface area contributed by atoms with Crippen LogP contribution in [-0.4, -0.2) is 6.54 Å². The van der Waals surface area contributed by atoms with Crippen LogP contribution in [0.3, 0.4) is 0 Å². The Bertz CT molecular complexity index is 417. The normalized spacial score (nSPS) is 13.1. The Morgan fingerprint density at radius 1 is 1.11 bits per heavy atom. The first-order valence-corrected chi connectivity index (χ1v) is 8.31. The van der Waals surface area contributed by atoms with Gasteiger partial charge in [0.2, 0.25) is 0 Å². The Balaban J connectivity index is 1.95. The van der Waals surface area contributed by atoms with Crippen LogP contribution in [0.25, 0.3) is 0 Å². The summed E-state index contributed by atoms with van der Waals surface area (Å²) in [5.74, 6) is 0.767. The van der Waals surface area contributed by atoms with Crippen molar-refractivity contribution in [1.82, 2.24) is 5.32 Å². The van der Waals surface area contributed by atoms with E-state index in [4.69, 9.17) is 0 Å². The van der Waals surface area contributed by atoms with Gasteiger partial charge in [0, 0.05) is 22.2 Å². The smallest absolute Gasteiger partial charge is 0.0463 e. The lowest BCUT2D eigenvalue weighted by Crippen LogP contribution is -2.24. The summed E-state index contributed by atoms with van der Waals surface area (Å²) in [6.07, 6.45) is 2.35. The zero-order valence-corrected chi connectivity index (χ0v) is 12.7. The van der Waals surface area contributed by atoms with Crippen molar-refractivity contribution in [3.05, 3.63) is 44.8 Å². The Labute approximate surface area is 118 Å². The van der Waals surface area contributed by atoms with Crippen molar-refractivity contribution in [2.24, 2.45) is 5.92 Å². The van der Waals surface area contributed by atoms with Crippen molar-refractivity contribution in [3.8, 4) is 0 Å². The quantitative estimate of drug-likeness (QED) is 0.772. The Morgan fingerprint density at radius 2 is 1.89 bits per heavy atom. The fourth-order valence-electron chi connectivity index (χ4n) is 1.94. The first-order valence-electron chi connectivity index (χ1n) is 6.55. The molecule has 0 aliphatic heterocycles. The minimum Gasteiger partial charge on any atom is -0.309 e. The SMILES string of the molecule is CC(C)CCNC(Cc1cccs1)c1cccs1. The monoisotopic (exact) mass is 279 g/mol. The van der Waals surface area contributed by atoms with Crippen molar-refractivity contribution >= 4 is 22.7 Å². The summed E-state index contributed by atoms with van der Waals surface area (Å²) in [7, 11) is 0. The number of thiophene rings is 2. The lowest BCUT2D eigenvalue weighted by molar-refractivity contribution is 0.482. The number of hydrogen-bond donors (Lipinski definition) is 1. The van der Waals surface area contributed by atoms with E-state index in [2.05, 4.69) is 54.2 Å². The number of rotatable bonds is 7. The molecule has 0 spiro atoms. The van der Waals surface area contributed by atoms with Gasteiger partial charge in [-0.15, -0.1) is 22.7 Å². The van der Waals surface area contributed by atoms with Crippen LogP contribution in [0, 0.1) is 5.92 Å². The molecule has 2 heterocycles. The van der Waals surface area contributed by atoms with Crippen molar-refractivity contribution < 1.29 is 0 Å². The average molecular weight is 279 g/mol. The molecule has 2 aromatic heterocycles. The topological polar surface area (TPSA) is 12.0 Å². The van der Waals surface area contributed by atoms with Crippen LogP contribution < -0.4 is 5.32 Å². The fraction of sp³-hybridized carbons (Fsp3) is 0.467. The van der Waals surface area contributed by atoms with E-state index in [0.29, 0.717) is 6.04 Å². The van der Waals surface area contributed by atoms with Gasteiger partial charge in [-0.1, -0.05) is 26.0 Å². The van der Waals surface area contributed by atoms with Gasteiger partial charge in [0.05, 0.1) is 0 Å². The van der Waals surface area contributed by atoms with E-state index < -0.39 is 0 Å². The summed E-state index contributed by atoms with van der Waals surface area (Å²) in [6.45, 7) is 5.66. The Morgan fingerprint density at radius 3 is 2.50 bits per heavy atom. The molecule has 1 N–H and O–H groups in total. The number of nitrogens with one attached hydrogen (secondary N) is 1. The zero-order chi connectivity index (χ0) is 12.8. The van der Waals surface area contributed by atoms with Gasteiger partial charge in [-0.05, 0) is 41.8 Å². The lowest BCUT2D eigenvalue weighted by Gasteiger charge is -2.17. The molecule has 18 heavy (non-hydrogen) atoms. The van der Waals surface area contributed by atoms with Crippen LogP contribution in [0.15, 0.2) is 35.0 Å². The summed E-state index contributed by atoms with van der Waals surface area (Å²) in [4.78, 5) is 2.91. The third-order valence-electron chi connectivity index (χ3n) is 2.98. The largest absolute Gasteiger partial charge is 0.309 e. The van der Waals surface area contributed by atoms with Crippen molar-refractivity contribution in [3.63, 3.8) is 0 Å². The summed E-state index contributed by atoms with van der Waals surface area (Å²) in [5, 5.41) is 8.04. The second kappa shape index (κ2) is 7.07. The van der Waals surface area contributed by atoms with Gasteiger partial charge in [0.1, 0.15) is 0 Å². The van der Waals surface area contributed by atoms with E-state index in [-0.39, 0.29) is 0 Å². The third kappa shape index (κ3) is 4.23. The lowest BCUT2D eigenvalue weighted by atomic mass is 10.1. The fourth-order valence-corrected chi connectivity index (χ4v) is 3.49. The minimum atomic E-state index is 0.474. The van der Waals surface area contributed by atoms with Gasteiger partial charge in [-0.2, -0.15) is 0 Å². The molecule has 0 radical (unpaired) electrons. The first-order chi connectivity index (χ1) is 8.75. The van der Waals surface area contributed by atoms with Gasteiger partial charge in [-0.3, -0.25) is 0 Å². The molecule has 2 aromatic rings. The van der Waals surface area contributed by atoms with Crippen LogP contribution in [-0.2, 0) is 6.42 Å². The molecule has 2 rings (SSSR count). The molecule has 0 amide bonds. The van der Waals surface area contributed by atoms with Gasteiger partial charge in [0.25, 0.3) is 0 Å². The second-order valence-corrected chi connectivity index (χ2v) is 7.00. The predicted octanol–water partition coefficient (Wildman–Crippen LogP) is 4.73. The highest BCUT2D eigenvalue weighted by molar-refractivity contribution is 7.10. The first kappa shape index (κ1) is 13.8. The van der Waals surface area contributed by atoms with Crippen molar-refractivity contribution in [2.45, 2.75) is 32.7 Å². The molecule has 0 aliphatic rings. The maximum Gasteiger partial charge on any atom is 0.0463 e. The molecule has 0 fully saturated rings. The molecule has 1 atom stereocenters. The number of hydrogen-bond acceptors (Lipinski definition) is 3. The highest BCUT2D eigenvalue weighted by Gasteiger charge is 2.13. The van der Waals surface area contributed by atoms with E-state index in [1.54, 1.807) is 0 Å². The van der Waals surface area contributed by atoms with E-state index in [9.17, 15) is 0 Å². The third-order valence-corrected chi connectivity index (χ3v) is 4.87. The minimum absolute atomic E-state index is 0.474. The highest BCUT2D eigenvalue weighted by Crippen LogP contribution is 2.25. The molecule has 1 unspecified atom stereocenters. The highest BCUT2D eigenvalue weighted by atomic mass is 32.1.